The monoisotopic (exact) mass is 173 g/mol. The number of urea groups is 1. The van der Waals surface area contributed by atoms with Gasteiger partial charge in [0.2, 0.25) is 5.72 Å². The van der Waals surface area contributed by atoms with Crippen LogP contribution in [0.15, 0.2) is 0 Å². The summed E-state index contributed by atoms with van der Waals surface area (Å²) in [5.41, 5.74) is 7.98. The summed E-state index contributed by atoms with van der Waals surface area (Å²) in [7, 11) is 0. The van der Waals surface area contributed by atoms with Crippen molar-refractivity contribution >= 4 is 11.9 Å². The van der Waals surface area contributed by atoms with Gasteiger partial charge in [-0.05, 0) is 6.42 Å². The third-order valence-electron chi connectivity index (χ3n) is 2.01. The van der Waals surface area contributed by atoms with Crippen LogP contribution in [-0.4, -0.2) is 34.2 Å². The number of primary amides is 2. The lowest BCUT2D eigenvalue weighted by Crippen LogP contribution is -2.57. The molecule has 0 aliphatic carbocycles. The first-order chi connectivity index (χ1) is 5.48. The number of hydrogen-bond acceptors (Lipinski definition) is 3. The van der Waals surface area contributed by atoms with Gasteiger partial charge in [-0.15, -0.1) is 0 Å². The standard InChI is InChI=1S/C6H11N3O3/c7-4(10)6(12)2-1-3-9(6)5(8)11/h12H,1-3H2,(H2,7,10)(H2,8,11). The number of carbonyl (C=O) groups is 2. The molecule has 1 aliphatic rings. The summed E-state index contributed by atoms with van der Waals surface area (Å²) in [6, 6.07) is -0.825. The molecule has 6 nitrogen and oxygen atoms in total. The minimum absolute atomic E-state index is 0.158. The second-order valence-corrected chi connectivity index (χ2v) is 2.77. The zero-order valence-corrected chi connectivity index (χ0v) is 6.49. The van der Waals surface area contributed by atoms with E-state index in [1.165, 1.54) is 0 Å². The molecular formula is C6H11N3O3. The van der Waals surface area contributed by atoms with Gasteiger partial charge in [0.1, 0.15) is 0 Å². The Balaban J connectivity index is 2.89. The van der Waals surface area contributed by atoms with E-state index in [1.54, 1.807) is 0 Å². The van der Waals surface area contributed by atoms with Crippen LogP contribution >= 0.6 is 0 Å². The summed E-state index contributed by atoms with van der Waals surface area (Å²) < 4.78 is 0. The SMILES string of the molecule is NC(=O)N1CCCC1(O)C(N)=O. The fourth-order valence-corrected chi connectivity index (χ4v) is 1.35. The number of likely N-dealkylation sites (tertiary alicyclic amines) is 1. The molecular weight excluding hydrogens is 162 g/mol. The normalized spacial score (nSPS) is 28.9. The zero-order chi connectivity index (χ0) is 9.35. The number of nitrogens with two attached hydrogens (primary N) is 2. The van der Waals surface area contributed by atoms with Gasteiger partial charge < -0.3 is 16.6 Å². The minimum atomic E-state index is -1.87. The summed E-state index contributed by atoms with van der Waals surface area (Å²) in [5.74, 6) is -0.932. The van der Waals surface area contributed by atoms with Crippen molar-refractivity contribution in [2.24, 2.45) is 11.5 Å². The summed E-state index contributed by atoms with van der Waals surface area (Å²) in [6.07, 6.45) is 0.688. The summed E-state index contributed by atoms with van der Waals surface area (Å²) in [4.78, 5) is 22.3. The van der Waals surface area contributed by atoms with Crippen LogP contribution in [0.5, 0.6) is 0 Å². The predicted octanol–water partition coefficient (Wildman–Crippen LogP) is -1.67. The van der Waals surface area contributed by atoms with Crippen LogP contribution in [0.25, 0.3) is 0 Å². The number of hydrogen-bond donors (Lipinski definition) is 3. The lowest BCUT2D eigenvalue weighted by molar-refractivity contribution is -0.148. The van der Waals surface area contributed by atoms with Gasteiger partial charge in [-0.1, -0.05) is 0 Å². The molecule has 1 atom stereocenters. The Labute approximate surface area is 69.1 Å². The molecule has 0 aromatic heterocycles. The molecule has 1 aliphatic heterocycles. The molecule has 0 aromatic carbocycles. The molecule has 3 amide bonds. The highest BCUT2D eigenvalue weighted by atomic mass is 16.3. The number of rotatable bonds is 1. The predicted molar refractivity (Wildman–Crippen MR) is 39.7 cm³/mol. The van der Waals surface area contributed by atoms with E-state index in [2.05, 4.69) is 0 Å². The summed E-state index contributed by atoms with van der Waals surface area (Å²) >= 11 is 0. The smallest absolute Gasteiger partial charge is 0.317 e. The zero-order valence-electron chi connectivity index (χ0n) is 6.49. The Kier molecular flexibility index (Phi) is 1.93. The number of nitrogens with zero attached hydrogens (tertiary/aromatic N) is 1. The second-order valence-electron chi connectivity index (χ2n) is 2.77. The lowest BCUT2D eigenvalue weighted by Gasteiger charge is -2.28. The van der Waals surface area contributed by atoms with E-state index in [0.29, 0.717) is 6.42 Å². The first-order valence-corrected chi connectivity index (χ1v) is 3.58. The molecule has 12 heavy (non-hydrogen) atoms. The molecule has 1 unspecified atom stereocenters. The van der Waals surface area contributed by atoms with Crippen molar-refractivity contribution < 1.29 is 14.7 Å². The first kappa shape index (κ1) is 8.79. The molecule has 0 bridgehead atoms. The maximum absolute atomic E-state index is 10.8. The Morgan fingerprint density at radius 1 is 1.42 bits per heavy atom. The van der Waals surface area contributed by atoms with E-state index in [-0.39, 0.29) is 13.0 Å². The summed E-state index contributed by atoms with van der Waals surface area (Å²) in [6.45, 7) is 0.273. The molecule has 6 heteroatoms. The Hall–Kier alpha value is -1.30. The van der Waals surface area contributed by atoms with Crippen molar-refractivity contribution in [1.29, 1.82) is 0 Å². The molecule has 0 saturated carbocycles. The van der Waals surface area contributed by atoms with E-state index in [9.17, 15) is 14.7 Å². The molecule has 5 N–H and O–H groups in total. The summed E-state index contributed by atoms with van der Waals surface area (Å²) in [5, 5.41) is 9.55. The van der Waals surface area contributed by atoms with Crippen molar-refractivity contribution in [3.63, 3.8) is 0 Å². The number of amides is 3. The largest absolute Gasteiger partial charge is 0.365 e. The Morgan fingerprint density at radius 2 is 2.00 bits per heavy atom. The van der Waals surface area contributed by atoms with Gasteiger partial charge >= 0.3 is 6.03 Å². The number of carbonyl (C=O) groups excluding carboxylic acids is 2. The van der Waals surface area contributed by atoms with Gasteiger partial charge in [0.05, 0.1) is 0 Å². The van der Waals surface area contributed by atoms with Gasteiger partial charge in [0, 0.05) is 13.0 Å². The third kappa shape index (κ3) is 1.10. The van der Waals surface area contributed by atoms with Gasteiger partial charge in [-0.25, -0.2) is 4.79 Å². The van der Waals surface area contributed by atoms with Gasteiger partial charge in [0.25, 0.3) is 5.91 Å². The van der Waals surface area contributed by atoms with Crippen molar-refractivity contribution in [3.05, 3.63) is 0 Å². The second kappa shape index (κ2) is 2.63. The van der Waals surface area contributed by atoms with Gasteiger partial charge in [-0.2, -0.15) is 0 Å². The van der Waals surface area contributed by atoms with Crippen molar-refractivity contribution in [2.75, 3.05) is 6.54 Å². The van der Waals surface area contributed by atoms with E-state index >= 15 is 0 Å². The quantitative estimate of drug-likeness (QED) is 0.441. The van der Waals surface area contributed by atoms with Gasteiger partial charge in [0.15, 0.2) is 0 Å². The van der Waals surface area contributed by atoms with Crippen LogP contribution in [0.4, 0.5) is 4.79 Å². The molecule has 1 rings (SSSR count). The van der Waals surface area contributed by atoms with E-state index in [1.807, 2.05) is 0 Å². The van der Waals surface area contributed by atoms with Crippen LogP contribution in [0.2, 0.25) is 0 Å². The fraction of sp³-hybridized carbons (Fsp3) is 0.667. The van der Waals surface area contributed by atoms with Crippen LogP contribution in [0, 0.1) is 0 Å². The minimum Gasteiger partial charge on any atom is -0.365 e. The highest BCUT2D eigenvalue weighted by Crippen LogP contribution is 2.25. The highest BCUT2D eigenvalue weighted by molar-refractivity contribution is 5.88. The Bertz CT molecular complexity index is 230. The van der Waals surface area contributed by atoms with Crippen molar-refractivity contribution in [1.82, 2.24) is 4.90 Å². The third-order valence-corrected chi connectivity index (χ3v) is 2.01. The highest BCUT2D eigenvalue weighted by Gasteiger charge is 2.46. The molecule has 68 valence electrons. The molecule has 0 spiro atoms. The fourth-order valence-electron chi connectivity index (χ4n) is 1.35. The van der Waals surface area contributed by atoms with Crippen molar-refractivity contribution in [3.8, 4) is 0 Å². The topological polar surface area (TPSA) is 110 Å². The molecule has 1 heterocycles. The molecule has 1 saturated heterocycles. The first-order valence-electron chi connectivity index (χ1n) is 3.58. The Morgan fingerprint density at radius 3 is 2.33 bits per heavy atom. The molecule has 0 aromatic rings. The maximum atomic E-state index is 10.8. The number of aliphatic hydroxyl groups is 1. The molecule has 1 fully saturated rings. The van der Waals surface area contributed by atoms with Crippen LogP contribution < -0.4 is 11.5 Å². The maximum Gasteiger partial charge on any atom is 0.317 e. The van der Waals surface area contributed by atoms with E-state index < -0.39 is 17.7 Å². The van der Waals surface area contributed by atoms with E-state index in [0.717, 1.165) is 4.90 Å². The van der Waals surface area contributed by atoms with Crippen LogP contribution in [0.3, 0.4) is 0 Å². The van der Waals surface area contributed by atoms with E-state index in [4.69, 9.17) is 11.5 Å². The average molecular weight is 173 g/mol. The van der Waals surface area contributed by atoms with Crippen LogP contribution in [0.1, 0.15) is 12.8 Å². The van der Waals surface area contributed by atoms with Crippen LogP contribution in [-0.2, 0) is 4.79 Å². The average Bonchev–Trinajstić information content (AvgIpc) is 2.32. The van der Waals surface area contributed by atoms with Crippen molar-refractivity contribution in [2.45, 2.75) is 18.6 Å². The lowest BCUT2D eigenvalue weighted by atomic mass is 10.1. The van der Waals surface area contributed by atoms with Gasteiger partial charge in [-0.3, -0.25) is 9.69 Å². The molecule has 0 radical (unpaired) electrons.